The minimum Gasteiger partial charge on any atom is -0.467 e. The van der Waals surface area contributed by atoms with Gasteiger partial charge in [0.25, 0.3) is 5.91 Å². The second-order valence-corrected chi connectivity index (χ2v) is 4.62. The maximum Gasteiger partial charge on any atom is 0.328 e. The topological polar surface area (TPSA) is 73.2 Å². The zero-order valence-corrected chi connectivity index (χ0v) is 12.2. The van der Waals surface area contributed by atoms with Gasteiger partial charge in [0.05, 0.1) is 12.8 Å². The summed E-state index contributed by atoms with van der Waals surface area (Å²) in [6.07, 6.45) is 0. The van der Waals surface area contributed by atoms with Crippen LogP contribution in [0.4, 0.5) is 0 Å². The lowest BCUT2D eigenvalue weighted by atomic mass is 10.1. The largest absolute Gasteiger partial charge is 0.467 e. The van der Waals surface area contributed by atoms with Crippen molar-refractivity contribution in [3.63, 3.8) is 0 Å². The Hall–Kier alpha value is -2.63. The van der Waals surface area contributed by atoms with Gasteiger partial charge < -0.3 is 10.1 Å². The van der Waals surface area contributed by atoms with E-state index >= 15 is 0 Å². The predicted octanol–water partition coefficient (Wildman–Crippen LogP) is 1.38. The number of esters is 1. The van der Waals surface area contributed by atoms with E-state index in [1.54, 1.807) is 20.0 Å². The number of hydrogen-bond acceptors (Lipinski definition) is 4. The standard InChI is InChI=1S/C15H17N3O3/c1-10(15(20)21-3)16-14(19)13-9-12(17-18(13)2)11-7-5-4-6-8-11/h4-10H,1-3H3,(H,16,19). The predicted molar refractivity (Wildman–Crippen MR) is 77.6 cm³/mol. The van der Waals surface area contributed by atoms with Crippen molar-refractivity contribution in [3.8, 4) is 11.3 Å². The molecule has 0 spiro atoms. The van der Waals surface area contributed by atoms with Gasteiger partial charge in [-0.1, -0.05) is 30.3 Å². The molecule has 0 bridgehead atoms. The summed E-state index contributed by atoms with van der Waals surface area (Å²) < 4.78 is 6.07. The van der Waals surface area contributed by atoms with Gasteiger partial charge in [-0.15, -0.1) is 0 Å². The molecule has 0 radical (unpaired) electrons. The molecule has 0 aliphatic heterocycles. The maximum atomic E-state index is 12.2. The van der Waals surface area contributed by atoms with Crippen LogP contribution in [0.2, 0.25) is 0 Å². The lowest BCUT2D eigenvalue weighted by Gasteiger charge is -2.11. The molecule has 6 nitrogen and oxygen atoms in total. The molecule has 1 unspecified atom stereocenters. The molecule has 1 aromatic carbocycles. The van der Waals surface area contributed by atoms with Crippen LogP contribution in [0.3, 0.4) is 0 Å². The molecule has 0 saturated heterocycles. The fraction of sp³-hybridized carbons (Fsp3) is 0.267. The van der Waals surface area contributed by atoms with E-state index < -0.39 is 12.0 Å². The smallest absolute Gasteiger partial charge is 0.328 e. The third-order valence-corrected chi connectivity index (χ3v) is 3.08. The van der Waals surface area contributed by atoms with Gasteiger partial charge in [-0.25, -0.2) is 4.79 Å². The number of amides is 1. The second kappa shape index (κ2) is 6.21. The Morgan fingerprint density at radius 2 is 1.95 bits per heavy atom. The quantitative estimate of drug-likeness (QED) is 0.862. The highest BCUT2D eigenvalue weighted by Gasteiger charge is 2.20. The van der Waals surface area contributed by atoms with Crippen LogP contribution in [0.25, 0.3) is 11.3 Å². The monoisotopic (exact) mass is 287 g/mol. The first kappa shape index (κ1) is 14.8. The van der Waals surface area contributed by atoms with Crippen LogP contribution < -0.4 is 5.32 Å². The van der Waals surface area contributed by atoms with Crippen LogP contribution in [0.5, 0.6) is 0 Å². The van der Waals surface area contributed by atoms with Crippen LogP contribution in [0.15, 0.2) is 36.4 Å². The summed E-state index contributed by atoms with van der Waals surface area (Å²) in [6, 6.07) is 10.5. The zero-order chi connectivity index (χ0) is 15.4. The maximum absolute atomic E-state index is 12.2. The van der Waals surface area contributed by atoms with Crippen molar-refractivity contribution in [1.29, 1.82) is 0 Å². The van der Waals surface area contributed by atoms with Crippen LogP contribution >= 0.6 is 0 Å². The molecule has 0 saturated carbocycles. The minimum absolute atomic E-state index is 0.370. The molecule has 0 aliphatic rings. The van der Waals surface area contributed by atoms with Crippen molar-refractivity contribution in [3.05, 3.63) is 42.1 Å². The Balaban J connectivity index is 2.19. The second-order valence-electron chi connectivity index (χ2n) is 4.62. The summed E-state index contributed by atoms with van der Waals surface area (Å²) in [5.41, 5.74) is 2.01. The van der Waals surface area contributed by atoms with Crippen molar-refractivity contribution in [2.45, 2.75) is 13.0 Å². The van der Waals surface area contributed by atoms with Crippen molar-refractivity contribution in [1.82, 2.24) is 15.1 Å². The van der Waals surface area contributed by atoms with Gasteiger partial charge in [0.2, 0.25) is 0 Å². The number of rotatable bonds is 4. The van der Waals surface area contributed by atoms with Gasteiger partial charge in [0, 0.05) is 12.6 Å². The van der Waals surface area contributed by atoms with Gasteiger partial charge >= 0.3 is 5.97 Å². The molecule has 0 fully saturated rings. The third kappa shape index (κ3) is 3.28. The molecule has 6 heteroatoms. The van der Waals surface area contributed by atoms with Gasteiger partial charge in [-0.05, 0) is 13.0 Å². The van der Waals surface area contributed by atoms with Gasteiger partial charge in [-0.3, -0.25) is 9.48 Å². The number of carbonyl (C=O) groups is 2. The number of aromatic nitrogens is 2. The highest BCUT2D eigenvalue weighted by molar-refractivity contribution is 5.96. The molecular weight excluding hydrogens is 270 g/mol. The lowest BCUT2D eigenvalue weighted by Crippen LogP contribution is -2.39. The molecule has 110 valence electrons. The molecule has 21 heavy (non-hydrogen) atoms. The van der Waals surface area contributed by atoms with Gasteiger partial charge in [0.1, 0.15) is 11.7 Å². The van der Waals surface area contributed by atoms with E-state index in [-0.39, 0.29) is 5.91 Å². The molecule has 0 aliphatic carbocycles. The molecular formula is C15H17N3O3. The Morgan fingerprint density at radius 3 is 2.57 bits per heavy atom. The number of ether oxygens (including phenoxy) is 1. The van der Waals surface area contributed by atoms with E-state index in [1.165, 1.54) is 11.8 Å². The van der Waals surface area contributed by atoms with Gasteiger partial charge in [-0.2, -0.15) is 5.10 Å². The molecule has 1 N–H and O–H groups in total. The number of hydrogen-bond donors (Lipinski definition) is 1. The van der Waals surface area contributed by atoms with Crippen LogP contribution in [0, 0.1) is 0 Å². The van der Waals surface area contributed by atoms with Crippen molar-refractivity contribution in [2.24, 2.45) is 7.05 Å². The summed E-state index contributed by atoms with van der Waals surface area (Å²) >= 11 is 0. The highest BCUT2D eigenvalue weighted by atomic mass is 16.5. The van der Waals surface area contributed by atoms with E-state index in [4.69, 9.17) is 0 Å². The Labute approximate surface area is 122 Å². The fourth-order valence-electron chi connectivity index (χ4n) is 1.94. The number of nitrogens with one attached hydrogen (secondary N) is 1. The van der Waals surface area contributed by atoms with Crippen LogP contribution in [-0.2, 0) is 16.6 Å². The van der Waals surface area contributed by atoms with Crippen molar-refractivity contribution >= 4 is 11.9 Å². The van der Waals surface area contributed by atoms with Crippen LogP contribution in [0.1, 0.15) is 17.4 Å². The average Bonchev–Trinajstić information content (AvgIpc) is 2.89. The molecule has 1 atom stereocenters. The number of benzene rings is 1. The van der Waals surface area contributed by atoms with Gasteiger partial charge in [0.15, 0.2) is 0 Å². The van der Waals surface area contributed by atoms with E-state index in [1.807, 2.05) is 30.3 Å². The molecule has 1 heterocycles. The Bertz CT molecular complexity index is 649. The molecule has 2 rings (SSSR count). The van der Waals surface area contributed by atoms with Crippen molar-refractivity contribution in [2.75, 3.05) is 7.11 Å². The molecule has 1 aromatic heterocycles. The molecule has 2 aromatic rings. The first-order valence-electron chi connectivity index (χ1n) is 6.51. The van der Waals surface area contributed by atoms with E-state index in [0.717, 1.165) is 5.56 Å². The number of methoxy groups -OCH3 is 1. The normalized spacial score (nSPS) is 11.8. The van der Waals surface area contributed by atoms with E-state index in [0.29, 0.717) is 11.4 Å². The number of carbonyl (C=O) groups excluding carboxylic acids is 2. The zero-order valence-electron chi connectivity index (χ0n) is 12.2. The summed E-state index contributed by atoms with van der Waals surface area (Å²) in [6.45, 7) is 1.57. The lowest BCUT2D eigenvalue weighted by molar-refractivity contribution is -0.142. The fourth-order valence-corrected chi connectivity index (χ4v) is 1.94. The van der Waals surface area contributed by atoms with Crippen LogP contribution in [-0.4, -0.2) is 34.8 Å². The van der Waals surface area contributed by atoms with Crippen molar-refractivity contribution < 1.29 is 14.3 Å². The summed E-state index contributed by atoms with van der Waals surface area (Å²) in [5, 5.41) is 6.89. The van der Waals surface area contributed by atoms with E-state index in [9.17, 15) is 9.59 Å². The summed E-state index contributed by atoms with van der Waals surface area (Å²) in [4.78, 5) is 23.5. The van der Waals surface area contributed by atoms with E-state index in [2.05, 4.69) is 15.2 Å². The number of nitrogens with zero attached hydrogens (tertiary/aromatic N) is 2. The number of aryl methyl sites for hydroxylation is 1. The minimum atomic E-state index is -0.711. The SMILES string of the molecule is COC(=O)C(C)NC(=O)c1cc(-c2ccccc2)nn1C. The molecule has 1 amide bonds. The summed E-state index contributed by atoms with van der Waals surface area (Å²) in [5.74, 6) is -0.862. The third-order valence-electron chi connectivity index (χ3n) is 3.08. The Kier molecular flexibility index (Phi) is 4.37. The first-order valence-corrected chi connectivity index (χ1v) is 6.51. The highest BCUT2D eigenvalue weighted by Crippen LogP contribution is 2.18. The summed E-state index contributed by atoms with van der Waals surface area (Å²) in [7, 11) is 2.97. The Morgan fingerprint density at radius 1 is 1.29 bits per heavy atom. The average molecular weight is 287 g/mol. The first-order chi connectivity index (χ1) is 10.0.